The number of fused-ring (bicyclic) bond motifs is 1. The van der Waals surface area contributed by atoms with Crippen LogP contribution in [-0.4, -0.2) is 55.0 Å². The number of hydrogen-bond donors (Lipinski definition) is 1. The van der Waals surface area contributed by atoms with Gasteiger partial charge in [0.15, 0.2) is 0 Å². The Kier molecular flexibility index (Phi) is 7.24. The average Bonchev–Trinajstić information content (AvgIpc) is 3.09. The van der Waals surface area contributed by atoms with E-state index in [1.165, 1.54) is 16.9 Å². The maximum Gasteiger partial charge on any atom is 0.263 e. The van der Waals surface area contributed by atoms with Crippen molar-refractivity contribution in [1.29, 1.82) is 0 Å². The number of pyridine rings is 1. The van der Waals surface area contributed by atoms with Crippen molar-refractivity contribution in [2.75, 3.05) is 27.2 Å². The number of hydrogen-bond acceptors (Lipinski definition) is 5. The van der Waals surface area contributed by atoms with E-state index in [9.17, 15) is 9.59 Å². The topological polar surface area (TPSA) is 71.5 Å². The Bertz CT molecular complexity index is 854. The highest BCUT2D eigenvalue weighted by Crippen LogP contribution is 2.43. The molecule has 3 rings (SSSR count). The molecule has 2 heterocycles. The summed E-state index contributed by atoms with van der Waals surface area (Å²) in [5, 5.41) is 4.11. The van der Waals surface area contributed by atoms with E-state index in [-0.39, 0.29) is 24.5 Å². The van der Waals surface area contributed by atoms with E-state index in [2.05, 4.69) is 16.4 Å². The van der Waals surface area contributed by atoms with Gasteiger partial charge in [0.1, 0.15) is 11.4 Å². The second kappa shape index (κ2) is 9.67. The Hall–Kier alpha value is -1.99. The van der Waals surface area contributed by atoms with Gasteiger partial charge in [-0.3, -0.25) is 9.59 Å². The molecule has 0 unspecified atom stereocenters. The molecule has 0 saturated heterocycles. The summed E-state index contributed by atoms with van der Waals surface area (Å²) in [6, 6.07) is 4.03. The molecule has 0 aromatic carbocycles. The van der Waals surface area contributed by atoms with Gasteiger partial charge in [0, 0.05) is 32.2 Å². The number of carbonyl (C=O) groups excluding carboxylic acids is 2. The van der Waals surface area contributed by atoms with Gasteiger partial charge < -0.3 is 15.0 Å². The molecule has 1 saturated carbocycles. The van der Waals surface area contributed by atoms with Crippen LogP contribution in [0.4, 0.5) is 0 Å². The average molecular weight is 418 g/mol. The summed E-state index contributed by atoms with van der Waals surface area (Å²) < 4.78 is 5.35. The quantitative estimate of drug-likeness (QED) is 0.744. The third-order valence-corrected chi connectivity index (χ3v) is 6.61. The molecule has 158 valence electrons. The molecule has 29 heavy (non-hydrogen) atoms. The van der Waals surface area contributed by atoms with Gasteiger partial charge in [0.2, 0.25) is 5.91 Å². The normalized spacial score (nSPS) is 19.5. The zero-order valence-electron chi connectivity index (χ0n) is 17.7. The summed E-state index contributed by atoms with van der Waals surface area (Å²) in [4.78, 5) is 32.6. The van der Waals surface area contributed by atoms with Gasteiger partial charge >= 0.3 is 0 Å². The summed E-state index contributed by atoms with van der Waals surface area (Å²) in [5.74, 6) is 0.852. The van der Waals surface area contributed by atoms with Crippen LogP contribution in [0.5, 0.6) is 0 Å². The van der Waals surface area contributed by atoms with Crippen LogP contribution in [0.2, 0.25) is 0 Å². The number of amides is 2. The van der Waals surface area contributed by atoms with Crippen molar-refractivity contribution in [3.63, 3.8) is 0 Å². The van der Waals surface area contributed by atoms with Crippen LogP contribution in [0.25, 0.3) is 10.2 Å². The first-order chi connectivity index (χ1) is 13.9. The van der Waals surface area contributed by atoms with Crippen molar-refractivity contribution < 1.29 is 14.3 Å². The fraction of sp³-hybridized carbons (Fsp3) is 0.591. The minimum absolute atomic E-state index is 0.0467. The molecule has 1 aliphatic carbocycles. The lowest BCUT2D eigenvalue weighted by Gasteiger charge is -2.29. The van der Waals surface area contributed by atoms with Crippen LogP contribution in [0.15, 0.2) is 18.3 Å². The number of aromatic nitrogens is 1. The molecule has 0 radical (unpaired) electrons. The molecule has 1 fully saturated rings. The Balaban J connectivity index is 1.65. The minimum atomic E-state index is -0.0467. The maximum atomic E-state index is 12.8. The third-order valence-electron chi connectivity index (χ3n) is 5.50. The fourth-order valence-electron chi connectivity index (χ4n) is 3.93. The van der Waals surface area contributed by atoms with Crippen molar-refractivity contribution >= 4 is 33.4 Å². The van der Waals surface area contributed by atoms with Gasteiger partial charge in [-0.15, -0.1) is 11.3 Å². The largest absolute Gasteiger partial charge is 0.369 e. The lowest BCUT2D eigenvalue weighted by atomic mass is 9.78. The summed E-state index contributed by atoms with van der Waals surface area (Å²) in [7, 11) is 3.60. The van der Waals surface area contributed by atoms with Crippen LogP contribution in [0, 0.1) is 5.92 Å². The van der Waals surface area contributed by atoms with Gasteiger partial charge in [-0.25, -0.2) is 4.98 Å². The van der Waals surface area contributed by atoms with E-state index in [4.69, 9.17) is 4.74 Å². The second-order valence-electron chi connectivity index (χ2n) is 8.28. The molecule has 2 amide bonds. The first-order valence-electron chi connectivity index (χ1n) is 10.3. The molecule has 0 atom stereocenters. The molecule has 2 aromatic rings. The number of thiophene rings is 1. The highest BCUT2D eigenvalue weighted by Gasteiger charge is 2.30. The zero-order valence-corrected chi connectivity index (χ0v) is 18.6. The molecule has 1 N–H and O–H groups in total. The lowest BCUT2D eigenvalue weighted by molar-refractivity contribution is -0.127. The summed E-state index contributed by atoms with van der Waals surface area (Å²) in [6.07, 6.45) is 5.99. The van der Waals surface area contributed by atoms with Crippen LogP contribution in [0.1, 0.15) is 60.7 Å². The first kappa shape index (κ1) is 21.7. The SMILES string of the molecule is CC(C)OCC(=O)NCC1CCC(c2c(C(=O)N(C)C)sc3ncccc23)CC1. The first-order valence-corrected chi connectivity index (χ1v) is 11.2. The molecular weight excluding hydrogens is 386 g/mol. The van der Waals surface area contributed by atoms with Crippen LogP contribution < -0.4 is 5.32 Å². The molecule has 1 aliphatic rings. The fourth-order valence-corrected chi connectivity index (χ4v) is 5.18. The van der Waals surface area contributed by atoms with Gasteiger partial charge in [-0.2, -0.15) is 0 Å². The summed E-state index contributed by atoms with van der Waals surface area (Å²) in [6.45, 7) is 4.67. The van der Waals surface area contributed by atoms with Crippen LogP contribution >= 0.6 is 11.3 Å². The van der Waals surface area contributed by atoms with Gasteiger partial charge in [-0.05, 0) is 63.0 Å². The number of carbonyl (C=O) groups is 2. The van der Waals surface area contributed by atoms with Crippen LogP contribution in [-0.2, 0) is 9.53 Å². The van der Waals surface area contributed by atoms with E-state index in [1.807, 2.05) is 19.9 Å². The predicted molar refractivity (Wildman–Crippen MR) is 116 cm³/mol. The highest BCUT2D eigenvalue weighted by atomic mass is 32.1. The molecule has 6 nitrogen and oxygen atoms in total. The number of nitrogens with zero attached hydrogens (tertiary/aromatic N) is 2. The van der Waals surface area contributed by atoms with Crippen molar-refractivity contribution in [2.24, 2.45) is 5.92 Å². The highest BCUT2D eigenvalue weighted by molar-refractivity contribution is 7.20. The van der Waals surface area contributed by atoms with Crippen LogP contribution in [0.3, 0.4) is 0 Å². The monoisotopic (exact) mass is 417 g/mol. The number of rotatable bonds is 7. The molecule has 7 heteroatoms. The van der Waals surface area contributed by atoms with E-state index >= 15 is 0 Å². The maximum absolute atomic E-state index is 12.8. The van der Waals surface area contributed by atoms with Gasteiger partial charge in [0.25, 0.3) is 5.91 Å². The Morgan fingerprint density at radius 3 is 2.66 bits per heavy atom. The second-order valence-corrected chi connectivity index (χ2v) is 9.28. The van der Waals surface area contributed by atoms with E-state index in [1.54, 1.807) is 25.2 Å². The predicted octanol–water partition coefficient (Wildman–Crippen LogP) is 3.81. The minimum Gasteiger partial charge on any atom is -0.369 e. The molecule has 2 aromatic heterocycles. The Morgan fingerprint density at radius 2 is 2.00 bits per heavy atom. The van der Waals surface area contributed by atoms with Gasteiger partial charge in [0.05, 0.1) is 11.0 Å². The zero-order chi connectivity index (χ0) is 21.0. The summed E-state index contributed by atoms with van der Waals surface area (Å²) >= 11 is 1.50. The van der Waals surface area contributed by atoms with Gasteiger partial charge in [-0.1, -0.05) is 6.07 Å². The number of ether oxygens (including phenoxy) is 1. The molecule has 0 aliphatic heterocycles. The molecular formula is C22H31N3O3S. The van der Waals surface area contributed by atoms with Crippen molar-refractivity contribution in [2.45, 2.75) is 51.6 Å². The standard InChI is InChI=1S/C22H31N3O3S/c1-14(2)28-13-18(26)24-12-15-7-9-16(10-8-15)19-17-6-5-11-23-21(17)29-20(19)22(27)25(3)4/h5-6,11,14-16H,7-10,12-13H2,1-4H3,(H,24,26). The van der Waals surface area contributed by atoms with Crippen molar-refractivity contribution in [3.8, 4) is 0 Å². The lowest BCUT2D eigenvalue weighted by Crippen LogP contribution is -2.34. The Morgan fingerprint density at radius 1 is 1.28 bits per heavy atom. The van der Waals surface area contributed by atoms with E-state index in [0.717, 1.165) is 40.8 Å². The third kappa shape index (κ3) is 5.34. The van der Waals surface area contributed by atoms with E-state index in [0.29, 0.717) is 18.4 Å². The Labute approximate surface area is 176 Å². The number of nitrogens with one attached hydrogen (secondary N) is 1. The van der Waals surface area contributed by atoms with Crippen molar-refractivity contribution in [3.05, 3.63) is 28.8 Å². The molecule has 0 bridgehead atoms. The van der Waals surface area contributed by atoms with Crippen molar-refractivity contribution in [1.82, 2.24) is 15.2 Å². The summed E-state index contributed by atoms with van der Waals surface area (Å²) in [5.41, 5.74) is 1.17. The smallest absolute Gasteiger partial charge is 0.263 e. The molecule has 0 spiro atoms. The van der Waals surface area contributed by atoms with E-state index < -0.39 is 0 Å².